The molecular weight excluding hydrogens is 180 g/mol. The first-order valence-electron chi connectivity index (χ1n) is 5.02. The minimum Gasteiger partial charge on any atom is -0.478 e. The summed E-state index contributed by atoms with van der Waals surface area (Å²) >= 11 is 0. The Hall–Kier alpha value is -1.03. The van der Waals surface area contributed by atoms with Crippen molar-refractivity contribution < 1.29 is 9.90 Å². The highest BCUT2D eigenvalue weighted by atomic mass is 16.4. The van der Waals surface area contributed by atoms with Gasteiger partial charge in [0.2, 0.25) is 0 Å². The Morgan fingerprint density at radius 2 is 2.29 bits per heavy atom. The lowest BCUT2D eigenvalue weighted by Crippen LogP contribution is -2.49. The number of carboxylic acid groups (broad SMARTS) is 1. The SMILES string of the molecule is CCN1CCN(C=CC(=O)O)CC1C. The Labute approximate surface area is 84.8 Å². The summed E-state index contributed by atoms with van der Waals surface area (Å²) in [5, 5.41) is 8.48. The van der Waals surface area contributed by atoms with Gasteiger partial charge in [-0.2, -0.15) is 0 Å². The molecule has 1 fully saturated rings. The first-order chi connectivity index (χ1) is 6.63. The Morgan fingerprint density at radius 3 is 2.79 bits per heavy atom. The minimum absolute atomic E-state index is 0.507. The maximum Gasteiger partial charge on any atom is 0.329 e. The third-order valence-electron chi connectivity index (χ3n) is 2.63. The molecule has 0 aromatic heterocycles. The monoisotopic (exact) mass is 198 g/mol. The average molecular weight is 198 g/mol. The van der Waals surface area contributed by atoms with Crippen LogP contribution >= 0.6 is 0 Å². The van der Waals surface area contributed by atoms with Crippen LogP contribution in [0.25, 0.3) is 0 Å². The lowest BCUT2D eigenvalue weighted by molar-refractivity contribution is -0.131. The molecule has 4 heteroatoms. The molecule has 1 aliphatic rings. The van der Waals surface area contributed by atoms with E-state index in [0.29, 0.717) is 6.04 Å². The van der Waals surface area contributed by atoms with Gasteiger partial charge in [-0.15, -0.1) is 0 Å². The molecule has 0 aliphatic carbocycles. The lowest BCUT2D eigenvalue weighted by Gasteiger charge is -2.38. The van der Waals surface area contributed by atoms with E-state index in [1.165, 1.54) is 6.08 Å². The number of nitrogens with zero attached hydrogens (tertiary/aromatic N) is 2. The number of hydrogen-bond acceptors (Lipinski definition) is 3. The fourth-order valence-corrected chi connectivity index (χ4v) is 1.80. The van der Waals surface area contributed by atoms with E-state index in [0.717, 1.165) is 26.2 Å². The summed E-state index contributed by atoms with van der Waals surface area (Å²) < 4.78 is 0. The van der Waals surface area contributed by atoms with Crippen molar-refractivity contribution in [2.75, 3.05) is 26.2 Å². The molecule has 1 aliphatic heterocycles. The molecule has 0 aromatic rings. The quantitative estimate of drug-likeness (QED) is 0.675. The van der Waals surface area contributed by atoms with Crippen molar-refractivity contribution in [2.24, 2.45) is 0 Å². The van der Waals surface area contributed by atoms with E-state index < -0.39 is 5.97 Å². The number of aliphatic carboxylic acids is 1. The second-order valence-corrected chi connectivity index (χ2v) is 3.63. The summed E-state index contributed by atoms with van der Waals surface area (Å²) in [6, 6.07) is 0.507. The van der Waals surface area contributed by atoms with Gasteiger partial charge in [-0.25, -0.2) is 4.79 Å². The van der Waals surface area contributed by atoms with Gasteiger partial charge in [0.05, 0.1) is 0 Å². The van der Waals surface area contributed by atoms with Crippen LogP contribution < -0.4 is 0 Å². The van der Waals surface area contributed by atoms with E-state index in [-0.39, 0.29) is 0 Å². The third kappa shape index (κ3) is 3.03. The summed E-state index contributed by atoms with van der Waals surface area (Å²) in [4.78, 5) is 14.8. The van der Waals surface area contributed by atoms with Gasteiger partial charge in [0.15, 0.2) is 0 Å². The topological polar surface area (TPSA) is 43.8 Å². The zero-order valence-electron chi connectivity index (χ0n) is 8.81. The minimum atomic E-state index is -0.879. The first kappa shape index (κ1) is 11.0. The van der Waals surface area contributed by atoms with Gasteiger partial charge >= 0.3 is 5.97 Å². The lowest BCUT2D eigenvalue weighted by atomic mass is 10.2. The van der Waals surface area contributed by atoms with Crippen LogP contribution in [-0.4, -0.2) is 53.1 Å². The van der Waals surface area contributed by atoms with Crippen molar-refractivity contribution in [3.05, 3.63) is 12.3 Å². The Kier molecular flexibility index (Phi) is 3.95. The predicted octanol–water partition coefficient (Wildman–Crippen LogP) is 0.611. The van der Waals surface area contributed by atoms with Crippen LogP contribution in [0.2, 0.25) is 0 Å². The fraction of sp³-hybridized carbons (Fsp3) is 0.700. The van der Waals surface area contributed by atoms with Crippen molar-refractivity contribution in [1.29, 1.82) is 0 Å². The fourth-order valence-electron chi connectivity index (χ4n) is 1.80. The van der Waals surface area contributed by atoms with Gasteiger partial charge in [-0.1, -0.05) is 6.92 Å². The van der Waals surface area contributed by atoms with E-state index in [9.17, 15) is 4.79 Å². The van der Waals surface area contributed by atoms with Crippen LogP contribution in [0, 0.1) is 0 Å². The van der Waals surface area contributed by atoms with Gasteiger partial charge < -0.3 is 10.0 Å². The van der Waals surface area contributed by atoms with Crippen molar-refractivity contribution >= 4 is 5.97 Å². The van der Waals surface area contributed by atoms with Crippen molar-refractivity contribution in [2.45, 2.75) is 19.9 Å². The van der Waals surface area contributed by atoms with Gasteiger partial charge in [0, 0.05) is 38.0 Å². The Morgan fingerprint density at radius 1 is 1.57 bits per heavy atom. The van der Waals surface area contributed by atoms with E-state index in [1.807, 2.05) is 0 Å². The maximum atomic E-state index is 10.3. The van der Waals surface area contributed by atoms with Crippen molar-refractivity contribution in [1.82, 2.24) is 9.80 Å². The zero-order chi connectivity index (χ0) is 10.6. The number of hydrogen-bond donors (Lipinski definition) is 1. The summed E-state index contributed by atoms with van der Waals surface area (Å²) in [7, 11) is 0. The second kappa shape index (κ2) is 5.00. The van der Waals surface area contributed by atoms with E-state index in [4.69, 9.17) is 5.11 Å². The molecule has 1 atom stereocenters. The second-order valence-electron chi connectivity index (χ2n) is 3.63. The van der Waals surface area contributed by atoms with Crippen LogP contribution in [-0.2, 0) is 4.79 Å². The molecular formula is C10H18N2O2. The third-order valence-corrected chi connectivity index (χ3v) is 2.63. The highest BCUT2D eigenvalue weighted by molar-refractivity contribution is 5.79. The average Bonchev–Trinajstić information content (AvgIpc) is 2.15. The smallest absolute Gasteiger partial charge is 0.329 e. The summed E-state index contributed by atoms with van der Waals surface area (Å²) in [5.74, 6) is -0.879. The van der Waals surface area contributed by atoms with E-state index in [2.05, 4.69) is 23.6 Å². The normalized spacial score (nSPS) is 24.4. The molecule has 1 unspecified atom stereocenters. The molecule has 0 bridgehead atoms. The van der Waals surface area contributed by atoms with Crippen molar-refractivity contribution in [3.63, 3.8) is 0 Å². The first-order valence-corrected chi connectivity index (χ1v) is 5.02. The van der Waals surface area contributed by atoms with Gasteiger partial charge in [-0.05, 0) is 13.5 Å². The molecule has 1 rings (SSSR count). The predicted molar refractivity (Wildman–Crippen MR) is 55.1 cm³/mol. The maximum absolute atomic E-state index is 10.3. The largest absolute Gasteiger partial charge is 0.478 e. The van der Waals surface area contributed by atoms with Crippen LogP contribution in [0.4, 0.5) is 0 Å². The summed E-state index contributed by atoms with van der Waals surface area (Å²) in [6.45, 7) is 8.24. The Bertz CT molecular complexity index is 228. The molecule has 4 nitrogen and oxygen atoms in total. The molecule has 0 spiro atoms. The van der Waals surface area contributed by atoms with Crippen LogP contribution in [0.1, 0.15) is 13.8 Å². The molecule has 0 amide bonds. The summed E-state index contributed by atoms with van der Waals surface area (Å²) in [5.41, 5.74) is 0. The zero-order valence-corrected chi connectivity index (χ0v) is 8.81. The molecule has 1 saturated heterocycles. The van der Waals surface area contributed by atoms with Gasteiger partial charge in [0.1, 0.15) is 0 Å². The highest BCUT2D eigenvalue weighted by Gasteiger charge is 2.19. The Balaban J connectivity index is 2.42. The van der Waals surface area contributed by atoms with Gasteiger partial charge in [-0.3, -0.25) is 4.90 Å². The van der Waals surface area contributed by atoms with Crippen LogP contribution in [0.5, 0.6) is 0 Å². The molecule has 1 heterocycles. The van der Waals surface area contributed by atoms with E-state index >= 15 is 0 Å². The number of carbonyl (C=O) groups is 1. The number of piperazine rings is 1. The number of carboxylic acids is 1. The highest BCUT2D eigenvalue weighted by Crippen LogP contribution is 2.08. The number of likely N-dealkylation sites (N-methyl/N-ethyl adjacent to an activating group) is 1. The van der Waals surface area contributed by atoms with Gasteiger partial charge in [0.25, 0.3) is 0 Å². The molecule has 0 saturated carbocycles. The van der Waals surface area contributed by atoms with Crippen LogP contribution in [0.15, 0.2) is 12.3 Å². The van der Waals surface area contributed by atoms with Crippen LogP contribution in [0.3, 0.4) is 0 Å². The molecule has 0 aromatic carbocycles. The van der Waals surface area contributed by atoms with Crippen molar-refractivity contribution in [3.8, 4) is 0 Å². The molecule has 1 N–H and O–H groups in total. The molecule has 80 valence electrons. The molecule has 0 radical (unpaired) electrons. The number of rotatable bonds is 3. The summed E-state index contributed by atoms with van der Waals surface area (Å²) in [6.07, 6.45) is 2.88. The standard InChI is InChI=1S/C10H18N2O2/c1-3-12-7-6-11(8-9(12)2)5-4-10(13)14/h4-5,9H,3,6-8H2,1-2H3,(H,13,14). The van der Waals surface area contributed by atoms with E-state index in [1.54, 1.807) is 6.20 Å². The molecule has 14 heavy (non-hydrogen) atoms.